The van der Waals surface area contributed by atoms with Crippen molar-refractivity contribution < 1.29 is 4.79 Å². The van der Waals surface area contributed by atoms with E-state index in [4.69, 9.17) is 5.73 Å². The molecule has 3 aliphatic rings. The molecule has 2 aliphatic carbocycles. The molecule has 1 saturated heterocycles. The van der Waals surface area contributed by atoms with Crippen LogP contribution in [0.2, 0.25) is 0 Å². The van der Waals surface area contributed by atoms with Crippen molar-refractivity contribution >= 4 is 30.7 Å². The number of benzene rings is 1. The lowest BCUT2D eigenvalue weighted by atomic mass is 9.65. The summed E-state index contributed by atoms with van der Waals surface area (Å²) in [6, 6.07) is 9.07. The maximum Gasteiger partial charge on any atom is 0.223 e. The fraction of sp³-hybridized carbons (Fsp3) is 0.708. The van der Waals surface area contributed by atoms with Crippen LogP contribution in [-0.2, 0) is 17.9 Å². The molecule has 3 N–H and O–H groups in total. The molecular formula is C24H39Cl2N3O. The number of nitrogens with two attached hydrogens (primary N) is 1. The lowest BCUT2D eigenvalue weighted by Crippen LogP contribution is -2.49. The largest absolute Gasteiger partial charge is 0.352 e. The first kappa shape index (κ1) is 25.5. The summed E-state index contributed by atoms with van der Waals surface area (Å²) in [6.07, 6.45) is 8.29. The number of hydrogen-bond acceptors (Lipinski definition) is 3. The molecule has 4 rings (SSSR count). The average molecular weight is 457 g/mol. The lowest BCUT2D eigenvalue weighted by Gasteiger charge is -2.43. The summed E-state index contributed by atoms with van der Waals surface area (Å²) in [5.41, 5.74) is 8.95. The molecular weight excluding hydrogens is 417 g/mol. The van der Waals surface area contributed by atoms with Crippen molar-refractivity contribution in [2.24, 2.45) is 29.4 Å². The second-order valence-electron chi connectivity index (χ2n) is 9.69. The number of piperidine rings is 1. The molecule has 0 spiro atoms. The zero-order chi connectivity index (χ0) is 19.5. The van der Waals surface area contributed by atoms with Gasteiger partial charge in [-0.3, -0.25) is 9.69 Å². The van der Waals surface area contributed by atoms with E-state index >= 15 is 0 Å². The maximum absolute atomic E-state index is 12.8. The molecule has 170 valence electrons. The minimum atomic E-state index is 0. The van der Waals surface area contributed by atoms with Gasteiger partial charge < -0.3 is 11.1 Å². The van der Waals surface area contributed by atoms with Crippen LogP contribution >= 0.6 is 24.8 Å². The van der Waals surface area contributed by atoms with Gasteiger partial charge in [0.1, 0.15) is 0 Å². The third-order valence-electron chi connectivity index (χ3n) is 7.52. The van der Waals surface area contributed by atoms with Gasteiger partial charge in [0.25, 0.3) is 0 Å². The van der Waals surface area contributed by atoms with E-state index in [1.807, 2.05) is 0 Å². The Morgan fingerprint density at radius 2 is 1.70 bits per heavy atom. The summed E-state index contributed by atoms with van der Waals surface area (Å²) in [6.45, 7) is 6.43. The van der Waals surface area contributed by atoms with Gasteiger partial charge in [0.05, 0.1) is 0 Å². The van der Waals surface area contributed by atoms with Crippen LogP contribution in [0.5, 0.6) is 0 Å². The first-order chi connectivity index (χ1) is 13.6. The van der Waals surface area contributed by atoms with Gasteiger partial charge in [0, 0.05) is 25.0 Å². The summed E-state index contributed by atoms with van der Waals surface area (Å²) < 4.78 is 0. The fourth-order valence-corrected chi connectivity index (χ4v) is 5.65. The number of carbonyl (C=O) groups excluding carboxylic acids is 1. The van der Waals surface area contributed by atoms with Crippen molar-refractivity contribution in [2.45, 2.75) is 71.0 Å². The molecule has 2 unspecified atom stereocenters. The zero-order valence-electron chi connectivity index (χ0n) is 18.2. The number of carbonyl (C=O) groups is 1. The third-order valence-corrected chi connectivity index (χ3v) is 7.52. The van der Waals surface area contributed by atoms with Crippen molar-refractivity contribution in [1.82, 2.24) is 10.2 Å². The minimum absolute atomic E-state index is 0. The van der Waals surface area contributed by atoms with Gasteiger partial charge in [-0.2, -0.15) is 0 Å². The highest BCUT2D eigenvalue weighted by molar-refractivity contribution is 5.85. The number of hydrogen-bond donors (Lipinski definition) is 2. The molecule has 1 heterocycles. The summed E-state index contributed by atoms with van der Waals surface area (Å²) in [5.74, 6) is 2.37. The van der Waals surface area contributed by atoms with E-state index in [2.05, 4.69) is 41.4 Å². The number of nitrogens with zero attached hydrogens (tertiary/aromatic N) is 1. The standard InChI is InChI=1S/C24H37N3O.2ClH/c1-17-8-10-27(11-9-17)16-19-5-2-4-18(12-19)15-26-24(28)22-13-20-6-3-7-21(14-22)23(20)25;;/h2,4-5,12,17,20-23H,3,6-11,13-16,25H2,1H3,(H,26,28);2*1H. The molecule has 2 saturated carbocycles. The van der Waals surface area contributed by atoms with Gasteiger partial charge in [-0.25, -0.2) is 0 Å². The van der Waals surface area contributed by atoms with Gasteiger partial charge in [-0.15, -0.1) is 24.8 Å². The Morgan fingerprint density at radius 1 is 1.07 bits per heavy atom. The van der Waals surface area contributed by atoms with Crippen molar-refractivity contribution in [2.75, 3.05) is 13.1 Å². The molecule has 0 radical (unpaired) electrons. The van der Waals surface area contributed by atoms with Gasteiger partial charge in [-0.1, -0.05) is 37.6 Å². The smallest absolute Gasteiger partial charge is 0.223 e. The van der Waals surface area contributed by atoms with E-state index < -0.39 is 0 Å². The van der Waals surface area contributed by atoms with Crippen LogP contribution in [0.25, 0.3) is 0 Å². The predicted octanol–water partition coefficient (Wildman–Crippen LogP) is 4.53. The Balaban J connectivity index is 0.00000160. The number of fused-ring (bicyclic) bond motifs is 2. The molecule has 1 aromatic rings. The van der Waals surface area contributed by atoms with Crippen LogP contribution in [0.15, 0.2) is 24.3 Å². The molecule has 30 heavy (non-hydrogen) atoms. The Kier molecular flexibility index (Phi) is 9.93. The summed E-state index contributed by atoms with van der Waals surface area (Å²) in [4.78, 5) is 15.3. The van der Waals surface area contributed by atoms with E-state index in [9.17, 15) is 4.79 Å². The third kappa shape index (κ3) is 6.35. The Morgan fingerprint density at radius 3 is 2.37 bits per heavy atom. The predicted molar refractivity (Wildman–Crippen MR) is 128 cm³/mol. The molecule has 4 nitrogen and oxygen atoms in total. The molecule has 0 aromatic heterocycles. The molecule has 1 aromatic carbocycles. The number of rotatable bonds is 5. The van der Waals surface area contributed by atoms with Crippen molar-refractivity contribution in [3.05, 3.63) is 35.4 Å². The first-order valence-electron chi connectivity index (χ1n) is 11.4. The highest BCUT2D eigenvalue weighted by Gasteiger charge is 2.40. The zero-order valence-corrected chi connectivity index (χ0v) is 19.9. The average Bonchev–Trinajstić information content (AvgIpc) is 2.68. The lowest BCUT2D eigenvalue weighted by molar-refractivity contribution is -0.128. The highest BCUT2D eigenvalue weighted by atomic mass is 35.5. The van der Waals surface area contributed by atoms with Crippen LogP contribution < -0.4 is 11.1 Å². The van der Waals surface area contributed by atoms with Crippen LogP contribution in [0.3, 0.4) is 0 Å². The molecule has 3 fully saturated rings. The van der Waals surface area contributed by atoms with Crippen LogP contribution in [-0.4, -0.2) is 29.9 Å². The van der Waals surface area contributed by atoms with E-state index in [0.29, 0.717) is 24.4 Å². The second kappa shape index (κ2) is 11.7. The monoisotopic (exact) mass is 455 g/mol. The molecule has 6 heteroatoms. The van der Waals surface area contributed by atoms with Crippen molar-refractivity contribution in [3.63, 3.8) is 0 Å². The number of nitrogens with one attached hydrogen (secondary N) is 1. The van der Waals surface area contributed by atoms with E-state index in [0.717, 1.165) is 25.3 Å². The Hall–Kier alpha value is -0.810. The minimum Gasteiger partial charge on any atom is -0.352 e. The van der Waals surface area contributed by atoms with Gasteiger partial charge in [-0.05, 0) is 80.5 Å². The topological polar surface area (TPSA) is 58.4 Å². The number of likely N-dealkylation sites (tertiary alicyclic amines) is 1. The summed E-state index contributed by atoms with van der Waals surface area (Å²) in [7, 11) is 0. The van der Waals surface area contributed by atoms with Crippen molar-refractivity contribution in [1.29, 1.82) is 0 Å². The van der Waals surface area contributed by atoms with Crippen LogP contribution in [0, 0.1) is 23.7 Å². The summed E-state index contributed by atoms with van der Waals surface area (Å²) >= 11 is 0. The molecule has 1 aliphatic heterocycles. The normalized spacial score (nSPS) is 29.4. The van der Waals surface area contributed by atoms with Crippen molar-refractivity contribution in [3.8, 4) is 0 Å². The number of halogens is 2. The van der Waals surface area contributed by atoms with Gasteiger partial charge in [0.15, 0.2) is 0 Å². The highest BCUT2D eigenvalue weighted by Crippen LogP contribution is 2.41. The van der Waals surface area contributed by atoms with E-state index in [-0.39, 0.29) is 36.6 Å². The SMILES string of the molecule is CC1CCN(Cc2cccc(CNC(=O)C3CC4CCCC(C3)C4N)c2)CC1.Cl.Cl. The van der Waals surface area contributed by atoms with E-state index in [1.54, 1.807) is 0 Å². The maximum atomic E-state index is 12.8. The van der Waals surface area contributed by atoms with Crippen LogP contribution in [0.1, 0.15) is 63.0 Å². The first-order valence-corrected chi connectivity index (χ1v) is 11.4. The van der Waals surface area contributed by atoms with Gasteiger partial charge >= 0.3 is 0 Å². The Bertz CT molecular complexity index is 664. The van der Waals surface area contributed by atoms with E-state index in [1.165, 1.54) is 56.3 Å². The molecule has 2 atom stereocenters. The summed E-state index contributed by atoms with van der Waals surface area (Å²) in [5, 5.41) is 3.22. The quantitative estimate of drug-likeness (QED) is 0.685. The van der Waals surface area contributed by atoms with Crippen LogP contribution in [0.4, 0.5) is 0 Å². The molecule has 1 amide bonds. The molecule has 2 bridgehead atoms. The second-order valence-corrected chi connectivity index (χ2v) is 9.69. The number of amides is 1. The van der Waals surface area contributed by atoms with Gasteiger partial charge in [0.2, 0.25) is 5.91 Å². The fourth-order valence-electron chi connectivity index (χ4n) is 5.65. The Labute approximate surface area is 194 Å².